The van der Waals surface area contributed by atoms with Gasteiger partial charge in [-0.25, -0.2) is 9.59 Å². The largest absolute Gasteiger partial charge is 0.480 e. The van der Waals surface area contributed by atoms with Gasteiger partial charge in [0.25, 0.3) is 0 Å². The van der Waals surface area contributed by atoms with Crippen molar-refractivity contribution in [1.82, 2.24) is 5.32 Å². The number of urea groups is 1. The summed E-state index contributed by atoms with van der Waals surface area (Å²) in [5.74, 6) is -1.26. The molecular weight excluding hydrogens is 274 g/mol. The molecule has 3 N–H and O–H groups in total. The Morgan fingerprint density at radius 2 is 1.86 bits per heavy atom. The van der Waals surface area contributed by atoms with Crippen molar-refractivity contribution >= 4 is 23.4 Å². The van der Waals surface area contributed by atoms with Gasteiger partial charge in [-0.1, -0.05) is 12.1 Å². The molecule has 0 unspecified atom stereocenters. The monoisotopic (exact) mass is 293 g/mol. The van der Waals surface area contributed by atoms with E-state index in [1.54, 1.807) is 0 Å². The van der Waals surface area contributed by atoms with Crippen molar-refractivity contribution in [3.05, 3.63) is 24.3 Å². The SMILES string of the molecule is C[C@@H](O)[C@H](NC(=O)N1CCN(C)c2ccccc21)C(=O)O. The summed E-state index contributed by atoms with van der Waals surface area (Å²) in [5, 5.41) is 20.8. The van der Waals surface area contributed by atoms with Gasteiger partial charge in [0, 0.05) is 20.1 Å². The van der Waals surface area contributed by atoms with Gasteiger partial charge in [-0.2, -0.15) is 0 Å². The number of para-hydroxylation sites is 2. The quantitative estimate of drug-likeness (QED) is 0.754. The summed E-state index contributed by atoms with van der Waals surface area (Å²) >= 11 is 0. The summed E-state index contributed by atoms with van der Waals surface area (Å²) in [4.78, 5) is 26.9. The van der Waals surface area contributed by atoms with Crippen LogP contribution in [-0.2, 0) is 4.79 Å². The summed E-state index contributed by atoms with van der Waals surface area (Å²) in [6.07, 6.45) is -1.17. The van der Waals surface area contributed by atoms with Crippen LogP contribution in [0.2, 0.25) is 0 Å². The van der Waals surface area contributed by atoms with Gasteiger partial charge in [-0.3, -0.25) is 4.90 Å². The Morgan fingerprint density at radius 1 is 1.24 bits per heavy atom. The van der Waals surface area contributed by atoms with Crippen LogP contribution >= 0.6 is 0 Å². The van der Waals surface area contributed by atoms with E-state index in [4.69, 9.17) is 5.11 Å². The van der Waals surface area contributed by atoms with Gasteiger partial charge in [0.15, 0.2) is 6.04 Å². The Kier molecular flexibility index (Phi) is 4.32. The molecule has 1 heterocycles. The van der Waals surface area contributed by atoms with E-state index in [1.165, 1.54) is 11.8 Å². The number of nitrogens with zero attached hydrogens (tertiary/aromatic N) is 2. The first kappa shape index (κ1) is 15.1. The van der Waals surface area contributed by atoms with E-state index in [0.717, 1.165) is 11.4 Å². The highest BCUT2D eigenvalue weighted by atomic mass is 16.4. The first-order valence-corrected chi connectivity index (χ1v) is 6.71. The number of anilines is 2. The third-order valence-electron chi connectivity index (χ3n) is 3.52. The predicted molar refractivity (Wildman–Crippen MR) is 78.7 cm³/mol. The van der Waals surface area contributed by atoms with E-state index in [0.29, 0.717) is 13.1 Å². The van der Waals surface area contributed by atoms with Gasteiger partial charge in [-0.05, 0) is 19.1 Å². The number of carboxylic acid groups (broad SMARTS) is 1. The van der Waals surface area contributed by atoms with Crippen molar-refractivity contribution in [3.63, 3.8) is 0 Å². The normalized spacial score (nSPS) is 16.9. The first-order valence-electron chi connectivity index (χ1n) is 6.71. The van der Waals surface area contributed by atoms with Gasteiger partial charge >= 0.3 is 12.0 Å². The minimum atomic E-state index is -1.33. The molecule has 0 spiro atoms. The Bertz CT molecular complexity index is 547. The summed E-state index contributed by atoms with van der Waals surface area (Å²) in [7, 11) is 1.93. The standard InChI is InChI=1S/C14H19N3O4/c1-9(18)12(13(19)20)15-14(21)17-8-7-16(2)10-5-3-4-6-11(10)17/h3-6,9,12,18H,7-8H2,1-2H3,(H,15,21)(H,19,20)/t9-,12+/m1/s1. The molecule has 1 aromatic carbocycles. The molecule has 7 nitrogen and oxygen atoms in total. The fourth-order valence-corrected chi connectivity index (χ4v) is 2.32. The highest BCUT2D eigenvalue weighted by Crippen LogP contribution is 2.31. The highest BCUT2D eigenvalue weighted by Gasteiger charge is 2.30. The van der Waals surface area contributed by atoms with E-state index >= 15 is 0 Å². The molecule has 2 atom stereocenters. The molecular formula is C14H19N3O4. The number of aliphatic hydroxyl groups excluding tert-OH is 1. The van der Waals surface area contributed by atoms with Gasteiger partial charge in [0.1, 0.15) is 0 Å². The van der Waals surface area contributed by atoms with Crippen LogP contribution in [0.25, 0.3) is 0 Å². The number of hydrogen-bond donors (Lipinski definition) is 3. The molecule has 1 aliphatic heterocycles. The summed E-state index contributed by atoms with van der Waals surface area (Å²) in [6.45, 7) is 2.43. The molecule has 21 heavy (non-hydrogen) atoms. The number of carboxylic acids is 1. The smallest absolute Gasteiger partial charge is 0.328 e. The Labute approximate surface area is 122 Å². The van der Waals surface area contributed by atoms with E-state index in [2.05, 4.69) is 5.32 Å². The van der Waals surface area contributed by atoms with Crippen LogP contribution < -0.4 is 15.1 Å². The number of rotatable bonds is 3. The number of amides is 2. The molecule has 1 aliphatic rings. The van der Waals surface area contributed by atoms with Crippen molar-refractivity contribution in [2.75, 3.05) is 29.9 Å². The van der Waals surface area contributed by atoms with Crippen molar-refractivity contribution in [1.29, 1.82) is 0 Å². The lowest BCUT2D eigenvalue weighted by Crippen LogP contribution is -2.54. The molecule has 0 saturated heterocycles. The lowest BCUT2D eigenvalue weighted by molar-refractivity contribution is -0.141. The number of carbonyl (C=O) groups excluding carboxylic acids is 1. The van der Waals surface area contributed by atoms with E-state index in [9.17, 15) is 14.7 Å². The highest BCUT2D eigenvalue weighted by molar-refractivity contribution is 5.98. The van der Waals surface area contributed by atoms with Crippen LogP contribution in [0.5, 0.6) is 0 Å². The van der Waals surface area contributed by atoms with E-state index in [-0.39, 0.29) is 0 Å². The predicted octanol–water partition coefficient (Wildman–Crippen LogP) is 0.486. The number of nitrogens with one attached hydrogen (secondary N) is 1. The first-order chi connectivity index (χ1) is 9.91. The van der Waals surface area contributed by atoms with Crippen molar-refractivity contribution in [2.45, 2.75) is 19.1 Å². The van der Waals surface area contributed by atoms with Gasteiger partial charge in [-0.15, -0.1) is 0 Å². The molecule has 7 heteroatoms. The molecule has 0 aliphatic carbocycles. The molecule has 114 valence electrons. The second-order valence-corrected chi connectivity index (χ2v) is 5.07. The Hall–Kier alpha value is -2.28. The van der Waals surface area contributed by atoms with Crippen LogP contribution in [0.1, 0.15) is 6.92 Å². The zero-order chi connectivity index (χ0) is 15.6. The fourth-order valence-electron chi connectivity index (χ4n) is 2.32. The molecule has 2 amide bonds. The number of fused-ring (bicyclic) bond motifs is 1. The fraction of sp³-hybridized carbons (Fsp3) is 0.429. The summed E-state index contributed by atoms with van der Waals surface area (Å²) in [6, 6.07) is 5.56. The molecule has 2 rings (SSSR count). The lowest BCUT2D eigenvalue weighted by atomic mass is 10.1. The minimum absolute atomic E-state index is 0.450. The third kappa shape index (κ3) is 3.08. The van der Waals surface area contributed by atoms with Crippen molar-refractivity contribution in [3.8, 4) is 0 Å². The molecule has 0 saturated carbocycles. The second kappa shape index (κ2) is 6.01. The number of aliphatic hydroxyl groups is 1. The topological polar surface area (TPSA) is 93.1 Å². The number of benzene rings is 1. The van der Waals surface area contributed by atoms with Crippen LogP contribution in [-0.4, -0.2) is 54.5 Å². The zero-order valence-corrected chi connectivity index (χ0v) is 12.0. The number of aliphatic carboxylic acids is 1. The molecule has 0 bridgehead atoms. The van der Waals surface area contributed by atoms with Gasteiger partial charge in [0.05, 0.1) is 17.5 Å². The van der Waals surface area contributed by atoms with Crippen molar-refractivity contribution in [2.24, 2.45) is 0 Å². The average molecular weight is 293 g/mol. The Balaban J connectivity index is 2.21. The number of likely N-dealkylation sites (N-methyl/N-ethyl adjacent to an activating group) is 1. The Morgan fingerprint density at radius 3 is 2.43 bits per heavy atom. The summed E-state index contributed by atoms with van der Waals surface area (Å²) < 4.78 is 0. The van der Waals surface area contributed by atoms with E-state index in [1.807, 2.05) is 36.2 Å². The van der Waals surface area contributed by atoms with Crippen LogP contribution in [0.15, 0.2) is 24.3 Å². The van der Waals surface area contributed by atoms with E-state index < -0.39 is 24.1 Å². The molecule has 0 fully saturated rings. The number of carbonyl (C=O) groups is 2. The maximum Gasteiger partial charge on any atom is 0.328 e. The summed E-state index contributed by atoms with van der Waals surface area (Å²) in [5.41, 5.74) is 1.63. The maximum absolute atomic E-state index is 12.3. The molecule has 0 aromatic heterocycles. The molecule has 0 radical (unpaired) electrons. The third-order valence-corrected chi connectivity index (χ3v) is 3.52. The van der Waals surface area contributed by atoms with Gasteiger partial charge in [0.2, 0.25) is 0 Å². The van der Waals surface area contributed by atoms with Crippen LogP contribution in [0.3, 0.4) is 0 Å². The molecule has 1 aromatic rings. The van der Waals surface area contributed by atoms with Crippen LogP contribution in [0, 0.1) is 0 Å². The minimum Gasteiger partial charge on any atom is -0.480 e. The zero-order valence-electron chi connectivity index (χ0n) is 12.0. The van der Waals surface area contributed by atoms with Crippen molar-refractivity contribution < 1.29 is 19.8 Å². The van der Waals surface area contributed by atoms with Gasteiger partial charge < -0.3 is 20.4 Å². The average Bonchev–Trinajstić information content (AvgIpc) is 2.44. The second-order valence-electron chi connectivity index (χ2n) is 5.07. The maximum atomic E-state index is 12.3. The lowest BCUT2D eigenvalue weighted by Gasteiger charge is -2.36. The number of hydrogen-bond acceptors (Lipinski definition) is 4. The van der Waals surface area contributed by atoms with Crippen LogP contribution in [0.4, 0.5) is 16.2 Å².